The van der Waals surface area contributed by atoms with Crippen molar-refractivity contribution in [1.29, 1.82) is 0 Å². The average Bonchev–Trinajstić information content (AvgIpc) is 3.48. The fourth-order valence-corrected chi connectivity index (χ4v) is 5.88. The van der Waals surface area contributed by atoms with Gasteiger partial charge in [0, 0.05) is 42.4 Å². The standard InChI is InChI=1S/C25H34F3N5O/c26-25(27,28)24-22-21(8-11-29-24)33(30-23(22)18-6-2-1-3-7-18)17-20(34)16-31-14-9-19(10-15-31)32-12-4-5-13-32/h1-3,6-7,19-20,24,29,34H,4-5,8-17H2. The topological polar surface area (TPSA) is 56.6 Å². The Morgan fingerprint density at radius 1 is 1.03 bits per heavy atom. The first-order valence-corrected chi connectivity index (χ1v) is 12.5. The molecule has 5 rings (SSSR count). The predicted octanol–water partition coefficient (Wildman–Crippen LogP) is 3.22. The Hall–Kier alpha value is -1.94. The fraction of sp³-hybridized carbons (Fsp3) is 0.640. The molecule has 2 fully saturated rings. The van der Waals surface area contributed by atoms with Gasteiger partial charge < -0.3 is 20.2 Å². The van der Waals surface area contributed by atoms with Crippen LogP contribution in [0.25, 0.3) is 11.3 Å². The first-order chi connectivity index (χ1) is 16.4. The maximum atomic E-state index is 13.9. The molecule has 34 heavy (non-hydrogen) atoms. The summed E-state index contributed by atoms with van der Waals surface area (Å²) < 4.78 is 43.3. The molecule has 1 aromatic carbocycles. The molecule has 2 unspecified atom stereocenters. The van der Waals surface area contributed by atoms with E-state index in [1.165, 1.54) is 25.9 Å². The van der Waals surface area contributed by atoms with E-state index in [-0.39, 0.29) is 18.7 Å². The van der Waals surface area contributed by atoms with E-state index in [0.717, 1.165) is 25.9 Å². The number of rotatable bonds is 6. The first-order valence-electron chi connectivity index (χ1n) is 12.5. The number of aliphatic hydroxyl groups is 1. The van der Waals surface area contributed by atoms with Crippen LogP contribution in [0.4, 0.5) is 13.2 Å². The molecule has 1 aromatic heterocycles. The van der Waals surface area contributed by atoms with E-state index in [4.69, 9.17) is 0 Å². The molecule has 3 aliphatic heterocycles. The lowest BCUT2D eigenvalue weighted by Crippen LogP contribution is -2.46. The maximum Gasteiger partial charge on any atom is 0.408 e. The third-order valence-electron chi connectivity index (χ3n) is 7.54. The van der Waals surface area contributed by atoms with Crippen molar-refractivity contribution in [3.63, 3.8) is 0 Å². The predicted molar refractivity (Wildman–Crippen MR) is 124 cm³/mol. The van der Waals surface area contributed by atoms with Crippen LogP contribution in [0, 0.1) is 0 Å². The minimum atomic E-state index is -4.41. The number of benzene rings is 1. The maximum absolute atomic E-state index is 13.9. The van der Waals surface area contributed by atoms with Crippen LogP contribution in [-0.4, -0.2) is 82.3 Å². The minimum absolute atomic E-state index is 0.198. The Bertz CT molecular complexity index is 949. The van der Waals surface area contributed by atoms with E-state index in [2.05, 4.69) is 20.2 Å². The van der Waals surface area contributed by atoms with E-state index in [1.807, 2.05) is 6.07 Å². The second-order valence-electron chi connectivity index (χ2n) is 9.86. The van der Waals surface area contributed by atoms with Crippen molar-refractivity contribution >= 4 is 0 Å². The van der Waals surface area contributed by atoms with Gasteiger partial charge in [0.1, 0.15) is 6.04 Å². The molecule has 6 nitrogen and oxygen atoms in total. The summed E-state index contributed by atoms with van der Waals surface area (Å²) in [6.07, 6.45) is 0.170. The number of β-amino-alcohol motifs (C(OH)–C–C–N with tert-alkyl or cyclic N) is 1. The molecule has 4 heterocycles. The lowest BCUT2D eigenvalue weighted by molar-refractivity contribution is -0.158. The Morgan fingerprint density at radius 3 is 2.41 bits per heavy atom. The number of alkyl halides is 3. The average molecular weight is 478 g/mol. The number of aromatic nitrogens is 2. The van der Waals surface area contributed by atoms with Gasteiger partial charge in [-0.3, -0.25) is 4.68 Å². The van der Waals surface area contributed by atoms with Crippen molar-refractivity contribution in [3.05, 3.63) is 41.6 Å². The number of halogens is 3. The van der Waals surface area contributed by atoms with Crippen molar-refractivity contribution in [2.75, 3.05) is 39.3 Å². The molecule has 2 aromatic rings. The molecule has 2 saturated heterocycles. The molecule has 0 amide bonds. The van der Waals surface area contributed by atoms with E-state index in [1.54, 1.807) is 28.9 Å². The highest BCUT2D eigenvalue weighted by Crippen LogP contribution is 2.41. The highest BCUT2D eigenvalue weighted by atomic mass is 19.4. The molecule has 3 aliphatic rings. The third-order valence-corrected chi connectivity index (χ3v) is 7.54. The zero-order valence-electron chi connectivity index (χ0n) is 19.5. The Morgan fingerprint density at radius 2 is 1.74 bits per heavy atom. The monoisotopic (exact) mass is 477 g/mol. The molecular formula is C25H34F3N5O. The van der Waals surface area contributed by atoms with Crippen LogP contribution in [0.2, 0.25) is 0 Å². The summed E-state index contributed by atoms with van der Waals surface area (Å²) in [7, 11) is 0. The molecule has 0 aliphatic carbocycles. The quantitative estimate of drug-likeness (QED) is 0.669. The number of hydrogen-bond acceptors (Lipinski definition) is 5. The highest BCUT2D eigenvalue weighted by Gasteiger charge is 2.46. The number of nitrogens with one attached hydrogen (secondary N) is 1. The van der Waals surface area contributed by atoms with Crippen LogP contribution in [0.15, 0.2) is 30.3 Å². The SMILES string of the molecule is OC(CN1CCC(N2CCCC2)CC1)Cn1nc(-c2ccccc2)c2c1CCNC2C(F)(F)F. The highest BCUT2D eigenvalue weighted by molar-refractivity contribution is 5.65. The summed E-state index contributed by atoms with van der Waals surface area (Å²) in [5.41, 5.74) is 1.79. The van der Waals surface area contributed by atoms with Crippen LogP contribution in [0.5, 0.6) is 0 Å². The Kier molecular flexibility index (Phi) is 6.97. The van der Waals surface area contributed by atoms with Crippen LogP contribution in [0.1, 0.15) is 43.0 Å². The van der Waals surface area contributed by atoms with Crippen molar-refractivity contribution < 1.29 is 18.3 Å². The van der Waals surface area contributed by atoms with E-state index in [9.17, 15) is 18.3 Å². The summed E-state index contributed by atoms with van der Waals surface area (Å²) in [5, 5.41) is 18.1. The number of likely N-dealkylation sites (tertiary alicyclic amines) is 2. The van der Waals surface area contributed by atoms with Crippen LogP contribution in [-0.2, 0) is 13.0 Å². The molecule has 186 valence electrons. The lowest BCUT2D eigenvalue weighted by atomic mass is 9.94. The van der Waals surface area contributed by atoms with Crippen LogP contribution in [0.3, 0.4) is 0 Å². The van der Waals surface area contributed by atoms with E-state index < -0.39 is 18.3 Å². The van der Waals surface area contributed by atoms with Gasteiger partial charge in [-0.25, -0.2) is 0 Å². The van der Waals surface area contributed by atoms with Gasteiger partial charge >= 0.3 is 6.18 Å². The zero-order chi connectivity index (χ0) is 23.7. The summed E-state index contributed by atoms with van der Waals surface area (Å²) in [6.45, 7) is 5.26. The molecule has 2 atom stereocenters. The first kappa shape index (κ1) is 23.8. The number of nitrogens with zero attached hydrogens (tertiary/aromatic N) is 4. The molecule has 0 spiro atoms. The van der Waals surface area contributed by atoms with Crippen LogP contribution < -0.4 is 5.32 Å². The van der Waals surface area contributed by atoms with Crippen molar-refractivity contribution in [1.82, 2.24) is 24.9 Å². The number of hydrogen-bond donors (Lipinski definition) is 2. The number of piperidine rings is 1. The molecule has 0 saturated carbocycles. The van der Waals surface area contributed by atoms with Gasteiger partial charge in [0.2, 0.25) is 0 Å². The van der Waals surface area contributed by atoms with Gasteiger partial charge in [-0.05, 0) is 51.9 Å². The zero-order valence-corrected chi connectivity index (χ0v) is 19.5. The van der Waals surface area contributed by atoms with E-state index in [0.29, 0.717) is 36.0 Å². The van der Waals surface area contributed by atoms with Gasteiger partial charge in [0.05, 0.1) is 18.3 Å². The van der Waals surface area contributed by atoms with Crippen LogP contribution >= 0.6 is 0 Å². The summed E-state index contributed by atoms with van der Waals surface area (Å²) in [4.78, 5) is 4.88. The largest absolute Gasteiger partial charge is 0.408 e. The van der Waals surface area contributed by atoms with Gasteiger partial charge in [0.15, 0.2) is 0 Å². The molecular weight excluding hydrogens is 443 g/mol. The van der Waals surface area contributed by atoms with Crippen molar-refractivity contribution in [3.8, 4) is 11.3 Å². The Labute approximate surface area is 198 Å². The van der Waals surface area contributed by atoms with Gasteiger partial charge in [-0.1, -0.05) is 30.3 Å². The molecule has 9 heteroatoms. The fourth-order valence-electron chi connectivity index (χ4n) is 5.88. The second-order valence-corrected chi connectivity index (χ2v) is 9.86. The normalized spacial score (nSPS) is 23.8. The number of aliphatic hydroxyl groups excluding tert-OH is 1. The van der Waals surface area contributed by atoms with E-state index >= 15 is 0 Å². The molecule has 0 bridgehead atoms. The van der Waals surface area contributed by atoms with Gasteiger partial charge in [0.25, 0.3) is 0 Å². The Balaban J connectivity index is 1.30. The molecule has 0 radical (unpaired) electrons. The van der Waals surface area contributed by atoms with Crippen molar-refractivity contribution in [2.24, 2.45) is 0 Å². The summed E-state index contributed by atoms with van der Waals surface area (Å²) >= 11 is 0. The lowest BCUT2D eigenvalue weighted by Gasteiger charge is -2.37. The van der Waals surface area contributed by atoms with Gasteiger partial charge in [-0.15, -0.1) is 0 Å². The second kappa shape index (κ2) is 9.97. The number of fused-ring (bicyclic) bond motifs is 1. The smallest absolute Gasteiger partial charge is 0.390 e. The van der Waals surface area contributed by atoms with Gasteiger partial charge in [-0.2, -0.15) is 18.3 Å². The summed E-state index contributed by atoms with van der Waals surface area (Å²) in [5.74, 6) is 0. The summed E-state index contributed by atoms with van der Waals surface area (Å²) in [6, 6.07) is 7.92. The van der Waals surface area contributed by atoms with Crippen molar-refractivity contribution in [2.45, 2.75) is 63.0 Å². The minimum Gasteiger partial charge on any atom is -0.390 e. The molecule has 2 N–H and O–H groups in total. The third kappa shape index (κ3) is 5.03.